The first-order valence-electron chi connectivity index (χ1n) is 9.70. The third-order valence-electron chi connectivity index (χ3n) is 5.80. The first-order valence-corrected chi connectivity index (χ1v) is 9.70. The Kier molecular flexibility index (Phi) is 5.04. The molecular weight excluding hydrogens is 334 g/mol. The molecule has 4 rings (SSSR count). The van der Waals surface area contributed by atoms with Gasteiger partial charge in [0, 0.05) is 12.5 Å². The Bertz CT molecular complexity index is 837. The van der Waals surface area contributed by atoms with Crippen LogP contribution in [0.3, 0.4) is 0 Å². The van der Waals surface area contributed by atoms with E-state index in [1.807, 2.05) is 0 Å². The van der Waals surface area contributed by atoms with E-state index in [-0.39, 0.29) is 5.92 Å². The molecule has 2 aliphatic carbocycles. The number of ether oxygens (including phenoxy) is 2. The van der Waals surface area contributed by atoms with Gasteiger partial charge in [-0.2, -0.15) is 0 Å². The van der Waals surface area contributed by atoms with Crippen LogP contribution in [0.1, 0.15) is 35.1 Å². The summed E-state index contributed by atoms with van der Waals surface area (Å²) in [7, 11) is 3.45. The summed E-state index contributed by atoms with van der Waals surface area (Å²) in [5.41, 5.74) is 14.3. The molecule has 0 radical (unpaired) electrons. The maximum Gasteiger partial charge on any atom is 0.119 e. The minimum atomic E-state index is 0.183. The van der Waals surface area contributed by atoms with Crippen molar-refractivity contribution in [3.05, 3.63) is 70.8 Å². The van der Waals surface area contributed by atoms with Gasteiger partial charge in [-0.1, -0.05) is 24.3 Å². The third kappa shape index (κ3) is 3.28. The second kappa shape index (κ2) is 7.61. The highest BCUT2D eigenvalue weighted by Crippen LogP contribution is 2.42. The summed E-state index contributed by atoms with van der Waals surface area (Å²) in [6.45, 7) is 0.588. The fourth-order valence-electron chi connectivity index (χ4n) is 4.41. The van der Waals surface area contributed by atoms with Crippen LogP contribution >= 0.6 is 0 Å². The van der Waals surface area contributed by atoms with Crippen molar-refractivity contribution < 1.29 is 9.47 Å². The van der Waals surface area contributed by atoms with Gasteiger partial charge in [0.15, 0.2) is 0 Å². The van der Waals surface area contributed by atoms with Crippen molar-refractivity contribution in [1.29, 1.82) is 0 Å². The Morgan fingerprint density at radius 3 is 1.70 bits per heavy atom. The lowest BCUT2D eigenvalue weighted by Gasteiger charge is -2.30. The van der Waals surface area contributed by atoms with Crippen LogP contribution in [0.5, 0.6) is 11.5 Å². The quantitative estimate of drug-likeness (QED) is 0.844. The lowest BCUT2D eigenvalue weighted by molar-refractivity contribution is 0.414. The Morgan fingerprint density at radius 1 is 0.815 bits per heavy atom. The van der Waals surface area contributed by atoms with Gasteiger partial charge in [-0.25, -0.2) is 0 Å². The number of rotatable bonds is 5. The fraction of sp³-hybridized carbons (Fsp3) is 0.333. The van der Waals surface area contributed by atoms with E-state index < -0.39 is 0 Å². The van der Waals surface area contributed by atoms with Crippen LogP contribution in [-0.2, 0) is 12.8 Å². The Morgan fingerprint density at radius 2 is 1.30 bits per heavy atom. The molecule has 0 spiro atoms. The van der Waals surface area contributed by atoms with Gasteiger partial charge in [-0.3, -0.25) is 0 Å². The topological polar surface area (TPSA) is 44.5 Å². The van der Waals surface area contributed by atoms with Gasteiger partial charge in [0.1, 0.15) is 11.5 Å². The molecule has 2 aromatic rings. The van der Waals surface area contributed by atoms with Gasteiger partial charge in [0.25, 0.3) is 0 Å². The molecule has 0 fully saturated rings. The second-order valence-corrected chi connectivity index (χ2v) is 7.23. The zero-order valence-corrected chi connectivity index (χ0v) is 16.1. The Labute approximate surface area is 161 Å². The SMILES string of the molecule is COc1ccc2c(c1)C(C(CN)C1=CCCc3ccc(OC)cc31)=CCC2. The molecule has 0 unspecified atom stereocenters. The van der Waals surface area contributed by atoms with Crippen LogP contribution in [0.15, 0.2) is 48.6 Å². The number of benzene rings is 2. The molecule has 0 aromatic heterocycles. The van der Waals surface area contributed by atoms with Crippen molar-refractivity contribution in [3.63, 3.8) is 0 Å². The molecule has 3 heteroatoms. The van der Waals surface area contributed by atoms with Crippen molar-refractivity contribution in [2.24, 2.45) is 11.7 Å². The molecule has 0 saturated heterocycles. The number of hydrogen-bond acceptors (Lipinski definition) is 3. The minimum absolute atomic E-state index is 0.183. The lowest BCUT2D eigenvalue weighted by atomic mass is 9.75. The molecule has 0 heterocycles. The van der Waals surface area contributed by atoms with Gasteiger partial charge in [-0.15, -0.1) is 0 Å². The number of hydrogen-bond donors (Lipinski definition) is 1. The van der Waals surface area contributed by atoms with E-state index in [9.17, 15) is 0 Å². The van der Waals surface area contributed by atoms with Gasteiger partial charge >= 0.3 is 0 Å². The third-order valence-corrected chi connectivity index (χ3v) is 5.80. The van der Waals surface area contributed by atoms with Gasteiger partial charge in [0.05, 0.1) is 14.2 Å². The lowest BCUT2D eigenvalue weighted by Crippen LogP contribution is -2.21. The first-order chi connectivity index (χ1) is 13.2. The van der Waals surface area contributed by atoms with Gasteiger partial charge in [-0.05, 0) is 83.3 Å². The highest BCUT2D eigenvalue weighted by atomic mass is 16.5. The highest BCUT2D eigenvalue weighted by Gasteiger charge is 2.27. The van der Waals surface area contributed by atoms with Crippen LogP contribution in [0, 0.1) is 5.92 Å². The second-order valence-electron chi connectivity index (χ2n) is 7.23. The van der Waals surface area contributed by atoms with Crippen LogP contribution in [0.2, 0.25) is 0 Å². The summed E-state index contributed by atoms with van der Waals surface area (Å²) in [5, 5.41) is 0. The summed E-state index contributed by atoms with van der Waals surface area (Å²) in [6.07, 6.45) is 9.00. The van der Waals surface area contributed by atoms with E-state index in [4.69, 9.17) is 15.2 Å². The van der Waals surface area contributed by atoms with Crippen LogP contribution in [-0.4, -0.2) is 20.8 Å². The Balaban J connectivity index is 1.79. The normalized spacial score (nSPS) is 15.6. The molecular formula is C24H27NO2. The highest BCUT2D eigenvalue weighted by molar-refractivity contribution is 5.86. The van der Waals surface area contributed by atoms with Crippen molar-refractivity contribution in [2.45, 2.75) is 25.7 Å². The maximum absolute atomic E-state index is 6.35. The van der Waals surface area contributed by atoms with E-state index in [1.54, 1.807) is 14.2 Å². The number of allylic oxidation sites excluding steroid dienone is 2. The predicted molar refractivity (Wildman–Crippen MR) is 111 cm³/mol. The van der Waals surface area contributed by atoms with E-state index in [0.29, 0.717) is 6.54 Å². The van der Waals surface area contributed by atoms with Crippen LogP contribution in [0.4, 0.5) is 0 Å². The van der Waals surface area contributed by atoms with Crippen molar-refractivity contribution >= 4 is 11.1 Å². The summed E-state index contributed by atoms with van der Waals surface area (Å²) in [5.74, 6) is 1.98. The van der Waals surface area contributed by atoms with Gasteiger partial charge in [0.2, 0.25) is 0 Å². The molecule has 2 aromatic carbocycles. The number of nitrogens with two attached hydrogens (primary N) is 1. The largest absolute Gasteiger partial charge is 0.497 e. The monoisotopic (exact) mass is 361 g/mol. The molecule has 2 N–H and O–H groups in total. The van der Waals surface area contributed by atoms with Crippen molar-refractivity contribution in [2.75, 3.05) is 20.8 Å². The average molecular weight is 361 g/mol. The molecule has 27 heavy (non-hydrogen) atoms. The summed E-state index contributed by atoms with van der Waals surface area (Å²) >= 11 is 0. The van der Waals surface area contributed by atoms with Crippen molar-refractivity contribution in [3.8, 4) is 11.5 Å². The van der Waals surface area contributed by atoms with Crippen molar-refractivity contribution in [1.82, 2.24) is 0 Å². The molecule has 3 nitrogen and oxygen atoms in total. The zero-order valence-electron chi connectivity index (χ0n) is 16.1. The van der Waals surface area contributed by atoms with Gasteiger partial charge < -0.3 is 15.2 Å². The number of methoxy groups -OCH3 is 2. The first kappa shape index (κ1) is 17.9. The average Bonchev–Trinajstić information content (AvgIpc) is 2.73. The van der Waals surface area contributed by atoms with E-state index in [0.717, 1.165) is 37.2 Å². The minimum Gasteiger partial charge on any atom is -0.497 e. The molecule has 0 atom stereocenters. The molecule has 0 saturated carbocycles. The predicted octanol–water partition coefficient (Wildman–Crippen LogP) is 4.64. The number of fused-ring (bicyclic) bond motifs is 2. The molecule has 140 valence electrons. The Hall–Kier alpha value is -2.52. The van der Waals surface area contributed by atoms with E-state index >= 15 is 0 Å². The standard InChI is InChI=1S/C24H27NO2/c1-26-18-11-9-16-5-3-7-20(22(16)13-18)24(15-25)21-8-4-6-17-10-12-19(27-2)14-23(17)21/h7-14,24H,3-6,15,25H2,1-2H3. The fourth-order valence-corrected chi connectivity index (χ4v) is 4.41. The summed E-state index contributed by atoms with van der Waals surface area (Å²) < 4.78 is 11.0. The smallest absolute Gasteiger partial charge is 0.119 e. The maximum atomic E-state index is 6.35. The number of aryl methyl sites for hydroxylation is 2. The van der Waals surface area contributed by atoms with Crippen LogP contribution in [0.25, 0.3) is 11.1 Å². The molecule has 0 aliphatic heterocycles. The van der Waals surface area contributed by atoms with Crippen LogP contribution < -0.4 is 15.2 Å². The summed E-state index contributed by atoms with van der Waals surface area (Å²) in [4.78, 5) is 0. The zero-order chi connectivity index (χ0) is 18.8. The van der Waals surface area contributed by atoms with E-state index in [2.05, 4.69) is 48.6 Å². The molecule has 0 amide bonds. The summed E-state index contributed by atoms with van der Waals surface area (Å²) in [6, 6.07) is 12.8. The molecule has 2 aliphatic rings. The van der Waals surface area contributed by atoms with E-state index in [1.165, 1.54) is 33.4 Å². The molecule has 0 bridgehead atoms.